The van der Waals surface area contributed by atoms with Crippen LogP contribution < -0.4 is 5.32 Å². The molecule has 1 aromatic carbocycles. The first kappa shape index (κ1) is 13.0. The van der Waals surface area contributed by atoms with Gasteiger partial charge in [0, 0.05) is 0 Å². The van der Waals surface area contributed by atoms with Crippen LogP contribution in [0.25, 0.3) is 5.69 Å². The van der Waals surface area contributed by atoms with Crippen molar-refractivity contribution in [3.63, 3.8) is 0 Å². The summed E-state index contributed by atoms with van der Waals surface area (Å²) in [5.41, 5.74) is 1.99. The van der Waals surface area contributed by atoms with E-state index in [0.717, 1.165) is 11.3 Å². The number of hydrogen-bond acceptors (Lipinski definition) is 5. The van der Waals surface area contributed by atoms with Crippen LogP contribution in [0.2, 0.25) is 0 Å². The standard InChI is InChI=1S/C14H13N5O2/c1-10-4-6-11(7-5-10)19-13(16-17-18-19)9-15-14(20)12-3-2-8-21-12/h2-8H,9H2,1H3,(H,15,20). The van der Waals surface area contributed by atoms with Gasteiger partial charge in [-0.25, -0.2) is 0 Å². The molecule has 1 N–H and O–H groups in total. The predicted molar refractivity (Wildman–Crippen MR) is 73.8 cm³/mol. The number of tetrazole rings is 1. The molecule has 106 valence electrons. The summed E-state index contributed by atoms with van der Waals surface area (Å²) in [5.74, 6) is 0.488. The number of amides is 1. The first-order valence-corrected chi connectivity index (χ1v) is 6.40. The monoisotopic (exact) mass is 283 g/mol. The second kappa shape index (κ2) is 5.58. The number of nitrogens with zero attached hydrogens (tertiary/aromatic N) is 4. The van der Waals surface area contributed by atoms with Gasteiger partial charge in [-0.15, -0.1) is 5.10 Å². The number of carbonyl (C=O) groups is 1. The lowest BCUT2D eigenvalue weighted by Gasteiger charge is -2.05. The van der Waals surface area contributed by atoms with Gasteiger partial charge in [-0.05, 0) is 41.6 Å². The van der Waals surface area contributed by atoms with E-state index in [1.807, 2.05) is 31.2 Å². The molecular weight excluding hydrogens is 270 g/mol. The Kier molecular flexibility index (Phi) is 3.46. The molecular formula is C14H13N5O2. The first-order valence-electron chi connectivity index (χ1n) is 6.40. The van der Waals surface area contributed by atoms with Crippen molar-refractivity contribution in [3.05, 3.63) is 59.8 Å². The SMILES string of the molecule is Cc1ccc(-n2nnnc2CNC(=O)c2ccco2)cc1. The van der Waals surface area contributed by atoms with Crippen molar-refractivity contribution in [1.29, 1.82) is 0 Å². The van der Waals surface area contributed by atoms with E-state index in [0.29, 0.717) is 5.82 Å². The Hall–Kier alpha value is -2.96. The van der Waals surface area contributed by atoms with Gasteiger partial charge in [0.15, 0.2) is 11.6 Å². The van der Waals surface area contributed by atoms with E-state index in [1.54, 1.807) is 16.8 Å². The molecule has 0 aliphatic carbocycles. The lowest BCUT2D eigenvalue weighted by atomic mass is 10.2. The molecule has 2 heterocycles. The maximum atomic E-state index is 11.8. The lowest BCUT2D eigenvalue weighted by Crippen LogP contribution is -2.24. The van der Waals surface area contributed by atoms with E-state index in [2.05, 4.69) is 20.8 Å². The fourth-order valence-electron chi connectivity index (χ4n) is 1.86. The summed E-state index contributed by atoms with van der Waals surface area (Å²) in [6, 6.07) is 11.0. The maximum Gasteiger partial charge on any atom is 0.287 e. The highest BCUT2D eigenvalue weighted by Gasteiger charge is 2.12. The van der Waals surface area contributed by atoms with Crippen molar-refractivity contribution in [1.82, 2.24) is 25.5 Å². The van der Waals surface area contributed by atoms with E-state index in [4.69, 9.17) is 4.42 Å². The van der Waals surface area contributed by atoms with E-state index < -0.39 is 0 Å². The van der Waals surface area contributed by atoms with Gasteiger partial charge in [0.1, 0.15) is 0 Å². The number of aryl methyl sites for hydroxylation is 1. The molecule has 1 amide bonds. The summed E-state index contributed by atoms with van der Waals surface area (Å²) in [4.78, 5) is 11.8. The summed E-state index contributed by atoms with van der Waals surface area (Å²) in [7, 11) is 0. The van der Waals surface area contributed by atoms with Gasteiger partial charge >= 0.3 is 0 Å². The Balaban J connectivity index is 1.74. The van der Waals surface area contributed by atoms with Crippen LogP contribution >= 0.6 is 0 Å². The average Bonchev–Trinajstić information content (AvgIpc) is 3.17. The van der Waals surface area contributed by atoms with Crippen LogP contribution in [-0.4, -0.2) is 26.1 Å². The molecule has 7 heteroatoms. The van der Waals surface area contributed by atoms with Crippen LogP contribution in [0.15, 0.2) is 47.1 Å². The quantitative estimate of drug-likeness (QED) is 0.784. The summed E-state index contributed by atoms with van der Waals surface area (Å²) in [5, 5.41) is 14.2. The molecule has 0 unspecified atom stereocenters. The van der Waals surface area contributed by atoms with Crippen LogP contribution in [0.4, 0.5) is 0 Å². The zero-order valence-corrected chi connectivity index (χ0v) is 11.4. The van der Waals surface area contributed by atoms with Crippen molar-refractivity contribution < 1.29 is 9.21 Å². The van der Waals surface area contributed by atoms with Crippen LogP contribution in [0.1, 0.15) is 21.9 Å². The fourth-order valence-corrected chi connectivity index (χ4v) is 1.86. The van der Waals surface area contributed by atoms with E-state index in [-0.39, 0.29) is 18.2 Å². The summed E-state index contributed by atoms with van der Waals surface area (Å²) < 4.78 is 6.61. The van der Waals surface area contributed by atoms with Crippen molar-refractivity contribution in [2.45, 2.75) is 13.5 Å². The molecule has 21 heavy (non-hydrogen) atoms. The topological polar surface area (TPSA) is 85.8 Å². The van der Waals surface area contributed by atoms with Crippen molar-refractivity contribution in [3.8, 4) is 5.69 Å². The number of rotatable bonds is 4. The van der Waals surface area contributed by atoms with Crippen molar-refractivity contribution in [2.75, 3.05) is 0 Å². The third kappa shape index (κ3) is 2.81. The smallest absolute Gasteiger partial charge is 0.287 e. The molecule has 0 aliphatic heterocycles. The molecule has 0 saturated carbocycles. The molecule has 0 fully saturated rings. The number of carbonyl (C=O) groups excluding carboxylic acids is 1. The number of furan rings is 1. The maximum absolute atomic E-state index is 11.8. The van der Waals surface area contributed by atoms with Crippen LogP contribution in [0, 0.1) is 6.92 Å². The predicted octanol–water partition coefficient (Wildman–Crippen LogP) is 1.49. The molecule has 0 aliphatic rings. The number of nitrogens with one attached hydrogen (secondary N) is 1. The molecule has 2 aromatic heterocycles. The molecule has 7 nitrogen and oxygen atoms in total. The third-order valence-corrected chi connectivity index (χ3v) is 2.96. The second-order valence-corrected chi connectivity index (χ2v) is 4.50. The average molecular weight is 283 g/mol. The van der Waals surface area contributed by atoms with E-state index >= 15 is 0 Å². The molecule has 3 aromatic rings. The van der Waals surface area contributed by atoms with Gasteiger partial charge in [-0.3, -0.25) is 4.79 Å². The number of benzene rings is 1. The Morgan fingerprint density at radius 2 is 2.10 bits per heavy atom. The Labute approximate surface area is 120 Å². The van der Waals surface area contributed by atoms with Gasteiger partial charge in [-0.1, -0.05) is 17.7 Å². The summed E-state index contributed by atoms with van der Waals surface area (Å²) in [6.07, 6.45) is 1.45. The van der Waals surface area contributed by atoms with Gasteiger partial charge in [0.25, 0.3) is 5.91 Å². The zero-order chi connectivity index (χ0) is 14.7. The largest absolute Gasteiger partial charge is 0.459 e. The molecule has 0 bridgehead atoms. The molecule has 3 rings (SSSR count). The minimum Gasteiger partial charge on any atom is -0.459 e. The van der Waals surface area contributed by atoms with Crippen molar-refractivity contribution >= 4 is 5.91 Å². The van der Waals surface area contributed by atoms with Gasteiger partial charge < -0.3 is 9.73 Å². The summed E-state index contributed by atoms with van der Waals surface area (Å²) in [6.45, 7) is 2.22. The Bertz CT molecular complexity index is 731. The molecule has 0 saturated heterocycles. The van der Waals surface area contributed by atoms with Gasteiger partial charge in [-0.2, -0.15) is 4.68 Å². The first-order chi connectivity index (χ1) is 10.2. The minimum atomic E-state index is -0.307. The highest BCUT2D eigenvalue weighted by Crippen LogP contribution is 2.09. The Morgan fingerprint density at radius 1 is 1.29 bits per heavy atom. The highest BCUT2D eigenvalue weighted by molar-refractivity contribution is 5.91. The van der Waals surface area contributed by atoms with Gasteiger partial charge in [0.05, 0.1) is 18.5 Å². The van der Waals surface area contributed by atoms with Crippen LogP contribution in [0.3, 0.4) is 0 Å². The van der Waals surface area contributed by atoms with E-state index in [9.17, 15) is 4.79 Å². The summed E-state index contributed by atoms with van der Waals surface area (Å²) >= 11 is 0. The van der Waals surface area contributed by atoms with Gasteiger partial charge in [0.2, 0.25) is 0 Å². The van der Waals surface area contributed by atoms with Crippen molar-refractivity contribution in [2.24, 2.45) is 0 Å². The normalized spacial score (nSPS) is 10.5. The zero-order valence-electron chi connectivity index (χ0n) is 11.4. The van der Waals surface area contributed by atoms with E-state index in [1.165, 1.54) is 6.26 Å². The number of hydrogen-bond donors (Lipinski definition) is 1. The second-order valence-electron chi connectivity index (χ2n) is 4.50. The van der Waals surface area contributed by atoms with Crippen LogP contribution in [-0.2, 0) is 6.54 Å². The molecule has 0 spiro atoms. The molecule has 0 atom stereocenters. The number of aromatic nitrogens is 4. The lowest BCUT2D eigenvalue weighted by molar-refractivity contribution is 0.0922. The highest BCUT2D eigenvalue weighted by atomic mass is 16.3. The van der Waals surface area contributed by atoms with Crippen LogP contribution in [0.5, 0.6) is 0 Å². The molecule has 0 radical (unpaired) electrons. The Morgan fingerprint density at radius 3 is 2.81 bits per heavy atom. The fraction of sp³-hybridized carbons (Fsp3) is 0.143. The third-order valence-electron chi connectivity index (χ3n) is 2.96. The minimum absolute atomic E-state index is 0.209.